The summed E-state index contributed by atoms with van der Waals surface area (Å²) in [5, 5.41) is 3.85. The molecule has 1 aliphatic rings. The Morgan fingerprint density at radius 1 is 1.08 bits per heavy atom. The smallest absolute Gasteiger partial charge is 0.0228 e. The molecule has 0 radical (unpaired) electrons. The molecule has 1 saturated carbocycles. The fourth-order valence-electron chi connectivity index (χ4n) is 3.70. The summed E-state index contributed by atoms with van der Waals surface area (Å²) in [4.78, 5) is 1.29. The summed E-state index contributed by atoms with van der Waals surface area (Å²) in [6.45, 7) is 13.3. The van der Waals surface area contributed by atoms with Gasteiger partial charge in [-0.3, -0.25) is 4.72 Å². The Morgan fingerprint density at radius 3 is 2.48 bits per heavy atom. The van der Waals surface area contributed by atoms with Crippen molar-refractivity contribution < 1.29 is 0 Å². The maximum absolute atomic E-state index is 3.85. The average Bonchev–Trinajstić information content (AvgIpc) is 2.61. The largest absolute Gasteiger partial charge is 0.314 e. The molecule has 1 aromatic rings. The molecule has 3 heteroatoms. The Morgan fingerprint density at radius 2 is 1.80 bits per heavy atom. The summed E-state index contributed by atoms with van der Waals surface area (Å²) >= 11 is 1.74. The lowest BCUT2D eigenvalue weighted by Gasteiger charge is -2.36. The van der Waals surface area contributed by atoms with Crippen LogP contribution < -0.4 is 10.0 Å². The van der Waals surface area contributed by atoms with Crippen LogP contribution in [0, 0.1) is 17.8 Å². The van der Waals surface area contributed by atoms with Gasteiger partial charge in [-0.15, -0.1) is 0 Å². The van der Waals surface area contributed by atoms with E-state index in [1.165, 1.54) is 37.0 Å². The second kappa shape index (κ2) is 13.7. The van der Waals surface area contributed by atoms with Crippen molar-refractivity contribution in [3.8, 4) is 0 Å². The molecule has 144 valence electrons. The van der Waals surface area contributed by atoms with Crippen LogP contribution in [0.3, 0.4) is 0 Å². The monoisotopic (exact) mass is 364 g/mol. The van der Waals surface area contributed by atoms with Gasteiger partial charge in [0.1, 0.15) is 0 Å². The second-order valence-corrected chi connectivity index (χ2v) is 8.50. The third-order valence-corrected chi connectivity index (χ3v) is 5.67. The predicted octanol–water partition coefficient (Wildman–Crippen LogP) is 6.14. The van der Waals surface area contributed by atoms with Gasteiger partial charge in [0.25, 0.3) is 0 Å². The highest BCUT2D eigenvalue weighted by Gasteiger charge is 2.28. The molecule has 1 aliphatic carbocycles. The first kappa shape index (κ1) is 22.5. The fraction of sp³-hybridized carbons (Fsp3) is 0.727. The van der Waals surface area contributed by atoms with Crippen molar-refractivity contribution >= 4 is 11.9 Å². The molecule has 1 fully saturated rings. The summed E-state index contributed by atoms with van der Waals surface area (Å²) in [6, 6.07) is 11.3. The lowest BCUT2D eigenvalue weighted by molar-refractivity contribution is 0.187. The van der Waals surface area contributed by atoms with E-state index < -0.39 is 0 Å². The van der Waals surface area contributed by atoms with Gasteiger partial charge in [-0.1, -0.05) is 52.8 Å². The van der Waals surface area contributed by atoms with Gasteiger partial charge in [0.15, 0.2) is 0 Å². The van der Waals surface area contributed by atoms with Crippen LogP contribution in [0.2, 0.25) is 0 Å². The third kappa shape index (κ3) is 9.67. The number of nitrogens with one attached hydrogen (secondary N) is 2. The maximum Gasteiger partial charge on any atom is 0.0228 e. The second-order valence-electron chi connectivity index (χ2n) is 7.53. The molecule has 0 heterocycles. The third-order valence-electron chi connectivity index (χ3n) is 4.81. The molecule has 0 bridgehead atoms. The Bertz CT molecular complexity index is 419. The van der Waals surface area contributed by atoms with Gasteiger partial charge in [0.2, 0.25) is 0 Å². The molecule has 25 heavy (non-hydrogen) atoms. The lowest BCUT2D eigenvalue weighted by Crippen LogP contribution is -2.41. The van der Waals surface area contributed by atoms with Crippen molar-refractivity contribution in [2.24, 2.45) is 17.8 Å². The molecular formula is C22H40N2S. The van der Waals surface area contributed by atoms with E-state index in [0.717, 1.165) is 36.9 Å². The Hall–Kier alpha value is -0.510. The van der Waals surface area contributed by atoms with Gasteiger partial charge < -0.3 is 5.32 Å². The molecule has 3 atom stereocenters. The number of rotatable bonds is 9. The highest BCUT2D eigenvalue weighted by Crippen LogP contribution is 2.33. The molecule has 0 aromatic heterocycles. The van der Waals surface area contributed by atoms with Crippen molar-refractivity contribution in [2.45, 2.75) is 77.7 Å². The molecular weight excluding hydrogens is 324 g/mol. The van der Waals surface area contributed by atoms with Crippen LogP contribution in [-0.2, 0) is 0 Å². The van der Waals surface area contributed by atoms with Crippen LogP contribution in [0.5, 0.6) is 0 Å². The maximum atomic E-state index is 3.85. The zero-order valence-corrected chi connectivity index (χ0v) is 17.9. The van der Waals surface area contributed by atoms with Crippen molar-refractivity contribution in [3.05, 3.63) is 30.3 Å². The zero-order valence-electron chi connectivity index (χ0n) is 17.1. The van der Waals surface area contributed by atoms with Gasteiger partial charge in [-0.05, 0) is 80.5 Å². The molecule has 0 amide bonds. The molecule has 0 spiro atoms. The van der Waals surface area contributed by atoms with Gasteiger partial charge in [0, 0.05) is 17.5 Å². The van der Waals surface area contributed by atoms with Gasteiger partial charge in [-0.25, -0.2) is 0 Å². The lowest BCUT2D eigenvalue weighted by atomic mass is 9.75. The Kier molecular flexibility index (Phi) is 12.3. The number of benzene rings is 1. The van der Waals surface area contributed by atoms with Crippen LogP contribution in [0.25, 0.3) is 0 Å². The number of hydrogen-bond acceptors (Lipinski definition) is 3. The molecule has 2 nitrogen and oxygen atoms in total. The highest BCUT2D eigenvalue weighted by molar-refractivity contribution is 7.97. The van der Waals surface area contributed by atoms with Crippen LogP contribution in [0.15, 0.2) is 35.2 Å². The SMILES string of the molecule is CC.CC(C)CC1CC(C)CCC1NCCCNSc1ccccc1. The normalized spacial score (nSPS) is 23.2. The molecule has 1 aromatic carbocycles. The van der Waals surface area contributed by atoms with Crippen molar-refractivity contribution in [1.29, 1.82) is 0 Å². The molecule has 2 rings (SSSR count). The standard InChI is InChI=1S/C20H34N2S.C2H6/c1-16(2)14-18-15-17(3)10-11-20(18)21-12-7-13-22-23-19-8-5-4-6-9-19;1-2/h4-6,8-9,16-18,20-22H,7,10-15H2,1-3H3;1-2H3. The summed E-state index contributed by atoms with van der Waals surface area (Å²) < 4.78 is 3.47. The molecule has 2 N–H and O–H groups in total. The van der Waals surface area contributed by atoms with E-state index in [0.29, 0.717) is 0 Å². The van der Waals surface area contributed by atoms with E-state index in [1.807, 2.05) is 13.8 Å². The zero-order chi connectivity index (χ0) is 18.5. The highest BCUT2D eigenvalue weighted by atomic mass is 32.2. The van der Waals surface area contributed by atoms with Crippen LogP contribution in [0.1, 0.15) is 66.7 Å². The first-order valence-electron chi connectivity index (χ1n) is 10.3. The van der Waals surface area contributed by atoms with Gasteiger partial charge in [-0.2, -0.15) is 0 Å². The summed E-state index contributed by atoms with van der Waals surface area (Å²) in [6.07, 6.45) is 6.75. The van der Waals surface area contributed by atoms with Gasteiger partial charge in [0.05, 0.1) is 0 Å². The summed E-state index contributed by atoms with van der Waals surface area (Å²) in [5.74, 6) is 2.62. The van der Waals surface area contributed by atoms with Crippen molar-refractivity contribution in [1.82, 2.24) is 10.0 Å². The average molecular weight is 365 g/mol. The summed E-state index contributed by atoms with van der Waals surface area (Å²) in [5.41, 5.74) is 0. The van der Waals surface area contributed by atoms with E-state index in [1.54, 1.807) is 11.9 Å². The van der Waals surface area contributed by atoms with Crippen molar-refractivity contribution in [3.63, 3.8) is 0 Å². The van der Waals surface area contributed by atoms with Gasteiger partial charge >= 0.3 is 0 Å². The van der Waals surface area contributed by atoms with Crippen LogP contribution >= 0.6 is 11.9 Å². The minimum absolute atomic E-state index is 0.746. The van der Waals surface area contributed by atoms with E-state index in [4.69, 9.17) is 0 Å². The molecule has 0 aliphatic heterocycles. The Balaban J connectivity index is 0.00000151. The first-order chi connectivity index (χ1) is 12.1. The minimum Gasteiger partial charge on any atom is -0.314 e. The fourth-order valence-corrected chi connectivity index (χ4v) is 4.41. The predicted molar refractivity (Wildman–Crippen MR) is 114 cm³/mol. The van der Waals surface area contributed by atoms with Crippen LogP contribution in [-0.4, -0.2) is 19.1 Å². The van der Waals surface area contributed by atoms with Crippen LogP contribution in [0.4, 0.5) is 0 Å². The molecule has 0 saturated heterocycles. The molecule has 3 unspecified atom stereocenters. The topological polar surface area (TPSA) is 24.1 Å². The van der Waals surface area contributed by atoms with E-state index in [2.05, 4.69) is 61.1 Å². The number of hydrogen-bond donors (Lipinski definition) is 2. The Labute approximate surface area is 161 Å². The van der Waals surface area contributed by atoms with Crippen molar-refractivity contribution in [2.75, 3.05) is 13.1 Å². The summed E-state index contributed by atoms with van der Waals surface area (Å²) in [7, 11) is 0. The quantitative estimate of drug-likeness (QED) is 0.406. The first-order valence-corrected chi connectivity index (χ1v) is 11.1. The minimum atomic E-state index is 0.746. The van der Waals surface area contributed by atoms with E-state index >= 15 is 0 Å². The van der Waals surface area contributed by atoms with E-state index in [-0.39, 0.29) is 0 Å². The van der Waals surface area contributed by atoms with E-state index in [9.17, 15) is 0 Å².